The number of nitrogens with two attached hydrogens (primary N) is 1. The number of halogens is 4. The number of rotatable bonds is 10. The maximum atomic E-state index is 13.7. The summed E-state index contributed by atoms with van der Waals surface area (Å²) in [7, 11) is 0. The molecule has 0 unspecified atom stereocenters. The van der Waals surface area contributed by atoms with Crippen LogP contribution in [0.4, 0.5) is 17.6 Å². The molecule has 1 atom stereocenters. The first-order valence-corrected chi connectivity index (χ1v) is 9.34. The molecule has 1 saturated carbocycles. The van der Waals surface area contributed by atoms with Gasteiger partial charge in [0, 0.05) is 12.0 Å². The van der Waals surface area contributed by atoms with Crippen molar-refractivity contribution in [3.05, 3.63) is 29.3 Å². The number of hydrogen-bond acceptors (Lipinski definition) is 4. The maximum Gasteiger partial charge on any atom is 0.223 e. The van der Waals surface area contributed by atoms with Crippen molar-refractivity contribution in [3.63, 3.8) is 0 Å². The number of amides is 1. The van der Waals surface area contributed by atoms with Gasteiger partial charge in [0.05, 0.1) is 6.04 Å². The van der Waals surface area contributed by atoms with Gasteiger partial charge < -0.3 is 15.8 Å². The fourth-order valence-corrected chi connectivity index (χ4v) is 3.21. The number of ether oxygens (including phenoxy) is 1. The van der Waals surface area contributed by atoms with Gasteiger partial charge in [-0.05, 0) is 38.6 Å². The first-order chi connectivity index (χ1) is 13.3. The monoisotopic (exact) mass is 404 g/mol. The Kier molecular flexibility index (Phi) is 8.22. The molecule has 1 amide bonds. The zero-order valence-corrected chi connectivity index (χ0v) is 15.4. The Morgan fingerprint density at radius 1 is 1.11 bits per heavy atom. The zero-order chi connectivity index (χ0) is 20.7. The second-order valence-electron chi connectivity index (χ2n) is 6.88. The zero-order valence-electron chi connectivity index (χ0n) is 15.4. The third-order valence-corrected chi connectivity index (χ3v) is 4.81. The molecule has 2 rings (SSSR count). The van der Waals surface area contributed by atoms with Gasteiger partial charge in [-0.2, -0.15) is 8.78 Å². The molecule has 0 aliphatic heterocycles. The third-order valence-electron chi connectivity index (χ3n) is 4.81. The summed E-state index contributed by atoms with van der Waals surface area (Å²) in [5.41, 5.74) is 5.44. The first-order valence-electron chi connectivity index (χ1n) is 9.34. The quantitative estimate of drug-likeness (QED) is 0.357. The minimum absolute atomic E-state index is 0.0524. The van der Waals surface area contributed by atoms with E-state index in [1.165, 1.54) is 0 Å². The summed E-state index contributed by atoms with van der Waals surface area (Å²) in [6.07, 6.45) is 4.82. The fraction of sp³-hybridized carbons (Fsp3) is 0.579. The van der Waals surface area contributed by atoms with Gasteiger partial charge in [0.15, 0.2) is 23.2 Å². The summed E-state index contributed by atoms with van der Waals surface area (Å²) < 4.78 is 58.5. The predicted octanol–water partition coefficient (Wildman–Crippen LogP) is 2.99. The minimum atomic E-state index is -1.72. The molecule has 0 bridgehead atoms. The van der Waals surface area contributed by atoms with Gasteiger partial charge in [0.1, 0.15) is 6.61 Å². The lowest BCUT2D eigenvalue weighted by Crippen LogP contribution is -2.45. The van der Waals surface area contributed by atoms with E-state index in [9.17, 15) is 27.2 Å². The summed E-state index contributed by atoms with van der Waals surface area (Å²) in [6, 6.07) is -0.874. The Morgan fingerprint density at radius 3 is 2.29 bits per heavy atom. The SMILES string of the molecule is NCCCC[C@H](NC(=O)C1CCCC1)C(=O)COc1c(F)c(F)cc(F)c1F. The molecule has 1 aliphatic rings. The molecule has 0 radical (unpaired) electrons. The summed E-state index contributed by atoms with van der Waals surface area (Å²) in [6.45, 7) is -0.429. The molecule has 156 valence electrons. The van der Waals surface area contributed by atoms with Crippen LogP contribution < -0.4 is 15.8 Å². The Morgan fingerprint density at radius 2 is 1.71 bits per heavy atom. The molecule has 9 heteroatoms. The van der Waals surface area contributed by atoms with Crippen molar-refractivity contribution < 1.29 is 31.9 Å². The van der Waals surface area contributed by atoms with Crippen molar-refractivity contribution in [1.29, 1.82) is 0 Å². The number of nitrogens with one attached hydrogen (secondary N) is 1. The number of carbonyl (C=O) groups excluding carboxylic acids is 2. The molecule has 5 nitrogen and oxygen atoms in total. The lowest BCUT2D eigenvalue weighted by atomic mass is 10.0. The number of Topliss-reactive ketones (excluding diaryl/α,β-unsaturated/α-hetero) is 1. The van der Waals surface area contributed by atoms with E-state index >= 15 is 0 Å². The van der Waals surface area contributed by atoms with Crippen LogP contribution in [0.25, 0.3) is 0 Å². The number of unbranched alkanes of at least 4 members (excludes halogenated alkanes) is 1. The van der Waals surface area contributed by atoms with E-state index in [0.29, 0.717) is 19.4 Å². The Labute approximate surface area is 160 Å². The second-order valence-corrected chi connectivity index (χ2v) is 6.88. The molecule has 0 heterocycles. The van der Waals surface area contributed by atoms with Crippen LogP contribution in [-0.4, -0.2) is 30.9 Å². The van der Waals surface area contributed by atoms with Crippen molar-refractivity contribution >= 4 is 11.7 Å². The molecule has 1 aromatic rings. The highest BCUT2D eigenvalue weighted by Crippen LogP contribution is 2.27. The van der Waals surface area contributed by atoms with Gasteiger partial charge in [0.2, 0.25) is 17.5 Å². The van der Waals surface area contributed by atoms with Gasteiger partial charge in [0.25, 0.3) is 0 Å². The van der Waals surface area contributed by atoms with E-state index < -0.39 is 47.5 Å². The Bertz CT molecular complexity index is 683. The Hall–Kier alpha value is -2.16. The largest absolute Gasteiger partial charge is 0.479 e. The number of ketones is 1. The maximum absolute atomic E-state index is 13.7. The molecule has 0 aromatic heterocycles. The van der Waals surface area contributed by atoms with E-state index in [-0.39, 0.29) is 24.3 Å². The standard InChI is InChI=1S/C19H24F4N2O3/c20-12-9-13(21)17(23)18(16(12)22)28-10-15(26)14(7-3-4-8-24)25-19(27)11-5-1-2-6-11/h9,11,14H,1-8,10,24H2,(H,25,27)/t14-/m0/s1. The topological polar surface area (TPSA) is 81.4 Å². The molecule has 28 heavy (non-hydrogen) atoms. The summed E-state index contributed by atoms with van der Waals surface area (Å²) in [5.74, 6) is -9.07. The third kappa shape index (κ3) is 5.67. The molecule has 0 spiro atoms. The van der Waals surface area contributed by atoms with Crippen molar-refractivity contribution in [2.45, 2.75) is 51.0 Å². The summed E-state index contributed by atoms with van der Waals surface area (Å²) >= 11 is 0. The van der Waals surface area contributed by atoms with E-state index in [1.807, 2.05) is 0 Å². The molecule has 1 aliphatic carbocycles. The van der Waals surface area contributed by atoms with Crippen LogP contribution in [-0.2, 0) is 9.59 Å². The van der Waals surface area contributed by atoms with Gasteiger partial charge in [-0.25, -0.2) is 8.78 Å². The van der Waals surface area contributed by atoms with Crippen LogP contribution in [0.2, 0.25) is 0 Å². The highest BCUT2D eigenvalue weighted by molar-refractivity contribution is 5.90. The second kappa shape index (κ2) is 10.4. The van der Waals surface area contributed by atoms with Crippen LogP contribution in [0.3, 0.4) is 0 Å². The fourth-order valence-electron chi connectivity index (χ4n) is 3.21. The summed E-state index contributed by atoms with van der Waals surface area (Å²) in [4.78, 5) is 24.8. The van der Waals surface area contributed by atoms with Gasteiger partial charge in [-0.15, -0.1) is 0 Å². The van der Waals surface area contributed by atoms with E-state index in [2.05, 4.69) is 5.32 Å². The highest BCUT2D eigenvalue weighted by atomic mass is 19.2. The number of benzene rings is 1. The van der Waals surface area contributed by atoms with Crippen molar-refractivity contribution in [2.24, 2.45) is 11.7 Å². The highest BCUT2D eigenvalue weighted by Gasteiger charge is 2.28. The van der Waals surface area contributed by atoms with Crippen LogP contribution >= 0.6 is 0 Å². The average molecular weight is 404 g/mol. The van der Waals surface area contributed by atoms with E-state index in [0.717, 1.165) is 25.7 Å². The lowest BCUT2D eigenvalue weighted by molar-refractivity contribution is -0.131. The van der Waals surface area contributed by atoms with Gasteiger partial charge in [-0.1, -0.05) is 12.8 Å². The van der Waals surface area contributed by atoms with Crippen molar-refractivity contribution in [1.82, 2.24) is 5.32 Å². The molecule has 0 saturated heterocycles. The van der Waals surface area contributed by atoms with Crippen LogP contribution in [0, 0.1) is 29.2 Å². The average Bonchev–Trinajstić information content (AvgIpc) is 3.20. The first kappa shape index (κ1) is 22.1. The molecule has 1 fully saturated rings. The Balaban J connectivity index is 2.04. The predicted molar refractivity (Wildman–Crippen MR) is 93.6 cm³/mol. The molecule has 1 aromatic carbocycles. The van der Waals surface area contributed by atoms with E-state index in [1.54, 1.807) is 0 Å². The van der Waals surface area contributed by atoms with E-state index in [4.69, 9.17) is 10.5 Å². The molecular weight excluding hydrogens is 380 g/mol. The number of hydrogen-bond donors (Lipinski definition) is 2. The van der Waals surface area contributed by atoms with Gasteiger partial charge >= 0.3 is 0 Å². The minimum Gasteiger partial charge on any atom is -0.479 e. The molecule has 3 N–H and O–H groups in total. The van der Waals surface area contributed by atoms with Crippen molar-refractivity contribution in [2.75, 3.05) is 13.2 Å². The normalized spacial score (nSPS) is 15.5. The van der Waals surface area contributed by atoms with Crippen LogP contribution in [0.1, 0.15) is 44.9 Å². The van der Waals surface area contributed by atoms with Crippen molar-refractivity contribution in [3.8, 4) is 5.75 Å². The smallest absolute Gasteiger partial charge is 0.223 e. The van der Waals surface area contributed by atoms with Crippen LogP contribution in [0.5, 0.6) is 5.75 Å². The van der Waals surface area contributed by atoms with Gasteiger partial charge in [-0.3, -0.25) is 9.59 Å². The summed E-state index contributed by atoms with van der Waals surface area (Å²) in [5, 5.41) is 2.66. The lowest BCUT2D eigenvalue weighted by Gasteiger charge is -2.20. The van der Waals surface area contributed by atoms with Crippen LogP contribution in [0.15, 0.2) is 6.07 Å². The number of carbonyl (C=O) groups is 2. The molecular formula is C19H24F4N2O3.